The van der Waals surface area contributed by atoms with Crippen molar-refractivity contribution in [1.82, 2.24) is 9.29 Å². The number of ether oxygens (including phenoxy) is 2. The molecule has 1 aliphatic rings. The van der Waals surface area contributed by atoms with Gasteiger partial charge in [0, 0.05) is 23.7 Å². The largest absolute Gasteiger partial charge is 0.468 e. The molecular formula is C20H24N2O5S2. The lowest BCUT2D eigenvalue weighted by Gasteiger charge is -2.36. The number of benzene rings is 1. The summed E-state index contributed by atoms with van der Waals surface area (Å²) >= 11 is 1.58. The molecule has 0 aliphatic carbocycles. The van der Waals surface area contributed by atoms with E-state index in [0.717, 1.165) is 5.75 Å². The minimum absolute atomic E-state index is 0.108. The van der Waals surface area contributed by atoms with Crippen LogP contribution in [0.15, 0.2) is 53.7 Å². The van der Waals surface area contributed by atoms with Gasteiger partial charge in [0.1, 0.15) is 17.5 Å². The van der Waals surface area contributed by atoms with Crippen LogP contribution in [0.4, 0.5) is 0 Å². The van der Waals surface area contributed by atoms with Crippen molar-refractivity contribution in [3.63, 3.8) is 0 Å². The molecule has 0 amide bonds. The number of carbonyl (C=O) groups is 1. The molecule has 0 N–H and O–H groups in total. The molecule has 1 fully saturated rings. The van der Waals surface area contributed by atoms with E-state index in [9.17, 15) is 13.2 Å². The summed E-state index contributed by atoms with van der Waals surface area (Å²) in [5, 5.41) is 0. The Balaban J connectivity index is 1.90. The SMILES string of the molecule is COC(=O)[C@@H]1N(S(=O)(=O)c2ccc(Oc3ccncc3)cc2)CCCSC1(C)C. The lowest BCUT2D eigenvalue weighted by atomic mass is 10.0. The Morgan fingerprint density at radius 1 is 1.14 bits per heavy atom. The summed E-state index contributed by atoms with van der Waals surface area (Å²) in [6, 6.07) is 8.69. The van der Waals surface area contributed by atoms with Gasteiger partial charge >= 0.3 is 5.97 Å². The van der Waals surface area contributed by atoms with Gasteiger partial charge in [0.2, 0.25) is 10.0 Å². The van der Waals surface area contributed by atoms with Crippen LogP contribution in [0.2, 0.25) is 0 Å². The third-order valence-electron chi connectivity index (χ3n) is 4.68. The van der Waals surface area contributed by atoms with Crippen molar-refractivity contribution in [2.45, 2.75) is 36.0 Å². The van der Waals surface area contributed by atoms with E-state index in [1.165, 1.54) is 23.5 Å². The molecule has 2 heterocycles. The number of carbonyl (C=O) groups excluding carboxylic acids is 1. The Morgan fingerprint density at radius 3 is 2.38 bits per heavy atom. The van der Waals surface area contributed by atoms with Gasteiger partial charge < -0.3 is 9.47 Å². The number of methoxy groups -OCH3 is 1. The molecule has 1 saturated heterocycles. The van der Waals surface area contributed by atoms with Crippen LogP contribution in [0.5, 0.6) is 11.5 Å². The molecule has 0 saturated carbocycles. The summed E-state index contributed by atoms with van der Waals surface area (Å²) < 4.78 is 38.1. The number of aromatic nitrogens is 1. The number of esters is 1. The molecule has 9 heteroatoms. The lowest BCUT2D eigenvalue weighted by Crippen LogP contribution is -2.54. The van der Waals surface area contributed by atoms with Crippen LogP contribution >= 0.6 is 11.8 Å². The van der Waals surface area contributed by atoms with Crippen molar-refractivity contribution in [3.05, 3.63) is 48.8 Å². The highest BCUT2D eigenvalue weighted by Crippen LogP contribution is 2.38. The Labute approximate surface area is 175 Å². The average molecular weight is 437 g/mol. The first-order valence-corrected chi connectivity index (χ1v) is 11.6. The van der Waals surface area contributed by atoms with E-state index in [1.54, 1.807) is 48.4 Å². The van der Waals surface area contributed by atoms with E-state index in [4.69, 9.17) is 9.47 Å². The molecule has 2 aromatic rings. The van der Waals surface area contributed by atoms with Crippen LogP contribution < -0.4 is 4.74 Å². The summed E-state index contributed by atoms with van der Waals surface area (Å²) in [6.45, 7) is 4.01. The Kier molecular flexibility index (Phi) is 6.50. The predicted octanol–water partition coefficient (Wildman–Crippen LogP) is 3.32. The van der Waals surface area contributed by atoms with Crippen molar-refractivity contribution < 1.29 is 22.7 Å². The van der Waals surface area contributed by atoms with Gasteiger partial charge in [0.15, 0.2) is 0 Å². The molecule has 156 valence electrons. The highest BCUT2D eigenvalue weighted by molar-refractivity contribution is 8.00. The maximum Gasteiger partial charge on any atom is 0.325 e. The minimum Gasteiger partial charge on any atom is -0.468 e. The van der Waals surface area contributed by atoms with Crippen molar-refractivity contribution in [3.8, 4) is 11.5 Å². The number of thioether (sulfide) groups is 1. The molecule has 1 aliphatic heterocycles. The average Bonchev–Trinajstić information content (AvgIpc) is 2.87. The summed E-state index contributed by atoms with van der Waals surface area (Å²) in [6.07, 6.45) is 3.88. The molecule has 0 unspecified atom stereocenters. The molecule has 1 aromatic heterocycles. The van der Waals surface area contributed by atoms with E-state index in [0.29, 0.717) is 17.9 Å². The molecule has 29 heavy (non-hydrogen) atoms. The van der Waals surface area contributed by atoms with Gasteiger partial charge in [-0.15, -0.1) is 0 Å². The minimum atomic E-state index is -3.90. The van der Waals surface area contributed by atoms with Crippen LogP contribution in [0.3, 0.4) is 0 Å². The van der Waals surface area contributed by atoms with Crippen molar-refractivity contribution >= 4 is 27.8 Å². The van der Waals surface area contributed by atoms with Gasteiger partial charge in [-0.05, 0) is 62.4 Å². The fourth-order valence-corrected chi connectivity index (χ4v) is 6.23. The first-order valence-electron chi connectivity index (χ1n) is 9.17. The van der Waals surface area contributed by atoms with Crippen molar-refractivity contribution in [1.29, 1.82) is 0 Å². The molecule has 3 rings (SSSR count). The third-order valence-corrected chi connectivity index (χ3v) is 8.02. The fraction of sp³-hybridized carbons (Fsp3) is 0.400. The first-order chi connectivity index (χ1) is 13.8. The third kappa shape index (κ3) is 4.73. The van der Waals surface area contributed by atoms with E-state index in [1.807, 2.05) is 13.8 Å². The Hall–Kier alpha value is -2.10. The van der Waals surface area contributed by atoms with Crippen molar-refractivity contribution in [2.75, 3.05) is 19.4 Å². The summed E-state index contributed by atoms with van der Waals surface area (Å²) in [4.78, 5) is 16.6. The molecule has 0 radical (unpaired) electrons. The van der Waals surface area contributed by atoms with Gasteiger partial charge in [-0.1, -0.05) is 0 Å². The van der Waals surface area contributed by atoms with Gasteiger partial charge in [0.05, 0.1) is 12.0 Å². The second kappa shape index (κ2) is 8.73. The van der Waals surface area contributed by atoms with Crippen LogP contribution in [0.1, 0.15) is 20.3 Å². The zero-order valence-corrected chi connectivity index (χ0v) is 18.2. The number of hydrogen-bond donors (Lipinski definition) is 0. The number of sulfonamides is 1. The lowest BCUT2D eigenvalue weighted by molar-refractivity contribution is -0.146. The molecule has 1 aromatic carbocycles. The Morgan fingerprint density at radius 2 is 1.76 bits per heavy atom. The highest BCUT2D eigenvalue weighted by atomic mass is 32.2. The number of nitrogens with zero attached hydrogens (tertiary/aromatic N) is 2. The normalized spacial score (nSPS) is 19.9. The van der Waals surface area contributed by atoms with E-state index >= 15 is 0 Å². The summed E-state index contributed by atoms with van der Waals surface area (Å²) in [7, 11) is -2.61. The number of rotatable bonds is 5. The smallest absolute Gasteiger partial charge is 0.325 e. The first kappa shape index (κ1) is 21.6. The van der Waals surface area contributed by atoms with E-state index in [-0.39, 0.29) is 11.4 Å². The van der Waals surface area contributed by atoms with Gasteiger partial charge in [-0.25, -0.2) is 8.42 Å². The van der Waals surface area contributed by atoms with E-state index in [2.05, 4.69) is 4.98 Å². The zero-order chi connectivity index (χ0) is 21.1. The maximum absolute atomic E-state index is 13.4. The van der Waals surface area contributed by atoms with Crippen LogP contribution in [0, 0.1) is 0 Å². The van der Waals surface area contributed by atoms with E-state index < -0.39 is 26.8 Å². The maximum atomic E-state index is 13.4. The number of hydrogen-bond acceptors (Lipinski definition) is 7. The predicted molar refractivity (Wildman–Crippen MR) is 112 cm³/mol. The van der Waals surface area contributed by atoms with Crippen LogP contribution in [0.25, 0.3) is 0 Å². The topological polar surface area (TPSA) is 85.8 Å². The standard InChI is InChI=1S/C20H24N2O5S2/c1-20(2)18(19(23)26-3)22(13-4-14-28-20)29(24,25)17-7-5-15(6-8-17)27-16-9-11-21-12-10-16/h5-12,18H,4,13-14H2,1-3H3/t18-/m0/s1. The Bertz CT molecular complexity index is 947. The monoisotopic (exact) mass is 436 g/mol. The zero-order valence-electron chi connectivity index (χ0n) is 16.6. The van der Waals surface area contributed by atoms with Gasteiger partial charge in [-0.3, -0.25) is 9.78 Å². The summed E-state index contributed by atoms with van der Waals surface area (Å²) in [5.41, 5.74) is 0. The quantitative estimate of drug-likeness (QED) is 0.665. The molecular weight excluding hydrogens is 412 g/mol. The molecule has 0 bridgehead atoms. The van der Waals surface area contributed by atoms with Crippen molar-refractivity contribution in [2.24, 2.45) is 0 Å². The molecule has 0 spiro atoms. The molecule has 1 atom stereocenters. The highest BCUT2D eigenvalue weighted by Gasteiger charge is 2.47. The van der Waals surface area contributed by atoms with Crippen LogP contribution in [-0.4, -0.2) is 53.9 Å². The number of pyridine rings is 1. The second-order valence-electron chi connectivity index (χ2n) is 7.10. The van der Waals surface area contributed by atoms with Gasteiger partial charge in [-0.2, -0.15) is 16.1 Å². The van der Waals surface area contributed by atoms with Crippen LogP contribution in [-0.2, 0) is 19.6 Å². The fourth-order valence-electron chi connectivity index (χ4n) is 3.24. The second-order valence-corrected chi connectivity index (χ2v) is 10.7. The summed E-state index contributed by atoms with van der Waals surface area (Å²) in [5.74, 6) is 1.33. The molecule has 7 nitrogen and oxygen atoms in total. The van der Waals surface area contributed by atoms with Gasteiger partial charge in [0.25, 0.3) is 0 Å².